The van der Waals surface area contributed by atoms with Gasteiger partial charge in [-0.05, 0) is 92.8 Å². The van der Waals surface area contributed by atoms with E-state index in [1.54, 1.807) is 49.9 Å². The molecule has 266 valence electrons. The van der Waals surface area contributed by atoms with Gasteiger partial charge < -0.3 is 25.4 Å². The molecule has 0 aliphatic carbocycles. The average Bonchev–Trinajstić information content (AvgIpc) is 3.06. The van der Waals surface area contributed by atoms with Gasteiger partial charge in [0, 0.05) is 18.7 Å². The molecule has 0 fully saturated rings. The number of nitrogens with one attached hydrogen (secondary N) is 2. The van der Waals surface area contributed by atoms with E-state index in [4.69, 9.17) is 4.74 Å². The third kappa shape index (κ3) is 11.1. The highest BCUT2D eigenvalue weighted by atomic mass is 16.6. The summed E-state index contributed by atoms with van der Waals surface area (Å²) >= 11 is 0. The summed E-state index contributed by atoms with van der Waals surface area (Å²) in [5.74, 6) is -0.632. The Kier molecular flexibility index (Phi) is 13.4. The van der Waals surface area contributed by atoms with E-state index in [2.05, 4.69) is 17.6 Å². The van der Waals surface area contributed by atoms with E-state index in [1.165, 1.54) is 0 Å². The summed E-state index contributed by atoms with van der Waals surface area (Å²) in [6.07, 6.45) is 5.42. The molecule has 4 rings (SSSR count). The minimum Gasteiger partial charge on any atom is -0.508 e. The summed E-state index contributed by atoms with van der Waals surface area (Å²) in [4.78, 5) is 44.4. The van der Waals surface area contributed by atoms with Crippen molar-refractivity contribution in [2.45, 2.75) is 104 Å². The maximum Gasteiger partial charge on any atom is 0.408 e. The molecule has 0 spiro atoms. The predicted molar refractivity (Wildman–Crippen MR) is 201 cm³/mol. The number of hydrogen-bond acceptors (Lipinski definition) is 5. The SMILES string of the molecule is CCCCCCCCN(C(=O)C(Cc1ccc(O)cc1)NC(=O)OC(C)(C)C)C(C(=O)Nc1ccc2ccccc2c1)c1cc(C)ccc1C. The molecule has 50 heavy (non-hydrogen) atoms. The minimum atomic E-state index is -1.05. The molecule has 3 amide bonds. The van der Waals surface area contributed by atoms with E-state index in [9.17, 15) is 19.5 Å². The van der Waals surface area contributed by atoms with Crippen molar-refractivity contribution in [2.24, 2.45) is 0 Å². The van der Waals surface area contributed by atoms with Crippen LogP contribution in [0.25, 0.3) is 10.8 Å². The number of carbonyl (C=O) groups excluding carboxylic acids is 3. The Morgan fingerprint density at radius 2 is 1.50 bits per heavy atom. The molecule has 0 aliphatic rings. The van der Waals surface area contributed by atoms with E-state index in [0.29, 0.717) is 18.7 Å². The van der Waals surface area contributed by atoms with Crippen LogP contribution in [0.1, 0.15) is 94.5 Å². The largest absolute Gasteiger partial charge is 0.508 e. The Labute approximate surface area is 297 Å². The first kappa shape index (κ1) is 38.0. The summed E-state index contributed by atoms with van der Waals surface area (Å²) in [6.45, 7) is 11.7. The molecule has 0 radical (unpaired) electrons. The fraction of sp³-hybridized carbons (Fsp3) is 0.405. The molecule has 0 heterocycles. The molecule has 8 nitrogen and oxygen atoms in total. The van der Waals surface area contributed by atoms with Crippen LogP contribution in [0.15, 0.2) is 84.9 Å². The van der Waals surface area contributed by atoms with Gasteiger partial charge in [0.25, 0.3) is 5.91 Å². The molecule has 0 saturated heterocycles. The molecular weight excluding hydrogens is 626 g/mol. The van der Waals surface area contributed by atoms with Crippen molar-refractivity contribution in [2.75, 3.05) is 11.9 Å². The van der Waals surface area contributed by atoms with E-state index in [-0.39, 0.29) is 18.1 Å². The van der Waals surface area contributed by atoms with Crippen molar-refractivity contribution >= 4 is 34.4 Å². The lowest BCUT2D eigenvalue weighted by molar-refractivity contribution is -0.140. The maximum absolute atomic E-state index is 15.0. The van der Waals surface area contributed by atoms with Gasteiger partial charge in [-0.3, -0.25) is 9.59 Å². The van der Waals surface area contributed by atoms with Crippen LogP contribution in [0.5, 0.6) is 5.75 Å². The fourth-order valence-electron chi connectivity index (χ4n) is 6.13. The number of phenols is 1. The van der Waals surface area contributed by atoms with Crippen LogP contribution in [-0.2, 0) is 20.7 Å². The first-order valence-electron chi connectivity index (χ1n) is 17.8. The summed E-state index contributed by atoms with van der Waals surface area (Å²) in [5, 5.41) is 17.9. The molecule has 4 aromatic rings. The number of carbonyl (C=O) groups is 3. The molecule has 4 aromatic carbocycles. The van der Waals surface area contributed by atoms with E-state index < -0.39 is 29.7 Å². The van der Waals surface area contributed by atoms with Crippen molar-refractivity contribution in [3.63, 3.8) is 0 Å². The molecule has 0 aliphatic heterocycles. The number of ether oxygens (including phenoxy) is 1. The number of aromatic hydroxyl groups is 1. The van der Waals surface area contributed by atoms with Crippen molar-refractivity contribution in [3.05, 3.63) is 107 Å². The van der Waals surface area contributed by atoms with Crippen LogP contribution < -0.4 is 10.6 Å². The number of fused-ring (bicyclic) bond motifs is 1. The first-order valence-corrected chi connectivity index (χ1v) is 17.8. The van der Waals surface area contributed by atoms with Crippen LogP contribution in [0.3, 0.4) is 0 Å². The molecule has 2 unspecified atom stereocenters. The van der Waals surface area contributed by atoms with E-state index in [1.807, 2.05) is 74.5 Å². The van der Waals surface area contributed by atoms with Crippen molar-refractivity contribution in [1.82, 2.24) is 10.2 Å². The Morgan fingerprint density at radius 3 is 2.20 bits per heavy atom. The number of nitrogens with zero attached hydrogens (tertiary/aromatic N) is 1. The fourth-order valence-corrected chi connectivity index (χ4v) is 6.13. The number of anilines is 1. The summed E-state index contributed by atoms with van der Waals surface area (Å²) in [6, 6.07) is 24.2. The Bertz CT molecular complexity index is 1740. The molecule has 0 aromatic heterocycles. The van der Waals surface area contributed by atoms with Gasteiger partial charge in [-0.25, -0.2) is 4.79 Å². The number of aryl methyl sites for hydroxylation is 2. The molecule has 0 saturated carbocycles. The van der Waals surface area contributed by atoms with Crippen LogP contribution in [0.2, 0.25) is 0 Å². The number of hydrogen-bond donors (Lipinski definition) is 3. The highest BCUT2D eigenvalue weighted by molar-refractivity contribution is 6.00. The van der Waals surface area contributed by atoms with Crippen molar-refractivity contribution < 1.29 is 24.2 Å². The van der Waals surface area contributed by atoms with Crippen LogP contribution in [0, 0.1) is 13.8 Å². The average molecular weight is 680 g/mol. The van der Waals surface area contributed by atoms with Crippen LogP contribution in [-0.4, -0.2) is 46.1 Å². The number of benzene rings is 4. The number of amides is 3. The van der Waals surface area contributed by atoms with Gasteiger partial charge in [-0.15, -0.1) is 0 Å². The zero-order chi connectivity index (χ0) is 36.3. The van der Waals surface area contributed by atoms with Gasteiger partial charge in [0.15, 0.2) is 0 Å². The monoisotopic (exact) mass is 679 g/mol. The summed E-state index contributed by atoms with van der Waals surface area (Å²) in [5.41, 5.74) is 3.15. The second-order valence-corrected chi connectivity index (χ2v) is 14.2. The lowest BCUT2D eigenvalue weighted by atomic mass is 9.95. The highest BCUT2D eigenvalue weighted by Gasteiger charge is 2.37. The predicted octanol–water partition coefficient (Wildman–Crippen LogP) is 9.17. The van der Waals surface area contributed by atoms with Gasteiger partial charge >= 0.3 is 6.09 Å². The Balaban J connectivity index is 1.77. The Morgan fingerprint density at radius 1 is 0.820 bits per heavy atom. The van der Waals surface area contributed by atoms with Crippen molar-refractivity contribution in [1.29, 1.82) is 0 Å². The van der Waals surface area contributed by atoms with E-state index in [0.717, 1.165) is 65.1 Å². The third-order valence-corrected chi connectivity index (χ3v) is 8.71. The highest BCUT2D eigenvalue weighted by Crippen LogP contribution is 2.30. The third-order valence-electron chi connectivity index (χ3n) is 8.71. The lowest BCUT2D eigenvalue weighted by Crippen LogP contribution is -2.53. The summed E-state index contributed by atoms with van der Waals surface area (Å²) in [7, 11) is 0. The zero-order valence-electron chi connectivity index (χ0n) is 30.4. The van der Waals surface area contributed by atoms with Gasteiger partial charge in [-0.1, -0.05) is 105 Å². The second-order valence-electron chi connectivity index (χ2n) is 14.2. The quantitative estimate of drug-likeness (QED) is 0.109. The minimum absolute atomic E-state index is 0.0989. The number of unbranched alkanes of at least 4 members (excludes halogenated alkanes) is 5. The normalized spacial score (nSPS) is 12.6. The number of alkyl carbamates (subject to hydrolysis) is 1. The molecular formula is C42H53N3O5. The number of rotatable bonds is 15. The zero-order valence-corrected chi connectivity index (χ0v) is 30.4. The molecule has 0 bridgehead atoms. The smallest absolute Gasteiger partial charge is 0.408 e. The van der Waals surface area contributed by atoms with Gasteiger partial charge in [-0.2, -0.15) is 0 Å². The topological polar surface area (TPSA) is 108 Å². The van der Waals surface area contributed by atoms with Gasteiger partial charge in [0.2, 0.25) is 5.91 Å². The van der Waals surface area contributed by atoms with Crippen molar-refractivity contribution in [3.8, 4) is 5.75 Å². The van der Waals surface area contributed by atoms with Crippen LogP contribution in [0.4, 0.5) is 10.5 Å². The molecule has 8 heteroatoms. The van der Waals surface area contributed by atoms with Crippen LogP contribution >= 0.6 is 0 Å². The van der Waals surface area contributed by atoms with Gasteiger partial charge in [0.05, 0.1) is 0 Å². The Hall–Kier alpha value is -4.85. The van der Waals surface area contributed by atoms with E-state index >= 15 is 0 Å². The van der Waals surface area contributed by atoms with Gasteiger partial charge in [0.1, 0.15) is 23.4 Å². The standard InChI is InChI=1S/C42H53N3O5/c1-7-8-9-10-11-14-25-45(40(48)37(44-41(49)50-42(4,5)6)27-31-19-23-35(46)24-20-31)38(36-26-29(2)17-18-30(36)3)39(47)43-34-22-21-32-15-12-13-16-33(32)28-34/h12-13,15-24,26,28,37-38,46H,7-11,14,25,27H2,1-6H3,(H,43,47)(H,44,49). The first-order chi connectivity index (χ1) is 23.8. The summed E-state index contributed by atoms with van der Waals surface area (Å²) < 4.78 is 5.59. The molecule has 2 atom stereocenters. The maximum atomic E-state index is 15.0. The lowest BCUT2D eigenvalue weighted by Gasteiger charge is -2.35. The second kappa shape index (κ2) is 17.7. The number of phenolic OH excluding ortho intramolecular Hbond substituents is 1. The molecule has 3 N–H and O–H groups in total.